The molecule has 0 saturated heterocycles. The number of rotatable bonds is 8. The molecule has 3 aromatic rings. The topological polar surface area (TPSA) is 83.2 Å². The molecule has 1 unspecified atom stereocenters. The number of hydrogen-bond acceptors (Lipinski definition) is 5. The third-order valence-electron chi connectivity index (χ3n) is 4.99. The van der Waals surface area contributed by atoms with Gasteiger partial charge >= 0.3 is 0 Å². The summed E-state index contributed by atoms with van der Waals surface area (Å²) in [5.41, 5.74) is 3.32. The number of anilines is 1. The van der Waals surface area contributed by atoms with E-state index in [9.17, 15) is 4.79 Å². The van der Waals surface area contributed by atoms with Gasteiger partial charge in [-0.15, -0.1) is 0 Å². The van der Waals surface area contributed by atoms with Crippen molar-refractivity contribution in [2.24, 2.45) is 0 Å². The Morgan fingerprint density at radius 1 is 1.23 bits per heavy atom. The normalized spacial score (nSPS) is 11.9. The van der Waals surface area contributed by atoms with Crippen molar-refractivity contribution >= 4 is 23.2 Å². The predicted molar refractivity (Wildman–Crippen MR) is 116 cm³/mol. The van der Waals surface area contributed by atoms with E-state index in [1.165, 1.54) is 6.20 Å². The van der Waals surface area contributed by atoms with Gasteiger partial charge in [-0.25, -0.2) is 0 Å². The summed E-state index contributed by atoms with van der Waals surface area (Å²) in [6.07, 6.45) is 3.76. The number of methoxy groups -OCH3 is 2. The molecule has 2 heterocycles. The molecule has 0 bridgehead atoms. The van der Waals surface area contributed by atoms with Gasteiger partial charge in [-0.05, 0) is 38.0 Å². The lowest BCUT2D eigenvalue weighted by molar-refractivity contribution is -0.119. The Morgan fingerprint density at radius 2 is 1.97 bits per heavy atom. The highest BCUT2D eigenvalue weighted by Gasteiger charge is 2.22. The number of carbonyl (C=O) groups is 1. The molecule has 0 aliphatic rings. The number of benzene rings is 1. The Labute approximate surface area is 180 Å². The lowest BCUT2D eigenvalue weighted by atomic mass is 10.2. The van der Waals surface area contributed by atoms with Crippen molar-refractivity contribution in [3.05, 3.63) is 52.6 Å². The molecule has 0 saturated carbocycles. The lowest BCUT2D eigenvalue weighted by Gasteiger charge is -2.16. The number of amides is 1. The zero-order chi connectivity index (χ0) is 21.8. The minimum Gasteiger partial charge on any atom is -0.493 e. The van der Waals surface area contributed by atoms with E-state index in [0.717, 1.165) is 17.0 Å². The average molecular weight is 432 g/mol. The minimum atomic E-state index is -0.453. The second-order valence-electron chi connectivity index (χ2n) is 6.94. The molecule has 8 nitrogen and oxygen atoms in total. The van der Waals surface area contributed by atoms with Crippen LogP contribution in [0.2, 0.25) is 5.02 Å². The summed E-state index contributed by atoms with van der Waals surface area (Å²) in [5, 5.41) is 12.3. The molecule has 0 aliphatic heterocycles. The van der Waals surface area contributed by atoms with Gasteiger partial charge in [0.05, 0.1) is 49.1 Å². The van der Waals surface area contributed by atoms with Crippen molar-refractivity contribution in [2.75, 3.05) is 19.5 Å². The maximum atomic E-state index is 12.9. The number of hydrogen-bond donors (Lipinski definition) is 1. The third kappa shape index (κ3) is 4.43. The number of ether oxygens (including phenoxy) is 2. The van der Waals surface area contributed by atoms with E-state index in [4.69, 9.17) is 21.1 Å². The second-order valence-corrected chi connectivity index (χ2v) is 7.38. The summed E-state index contributed by atoms with van der Waals surface area (Å²) in [6, 6.07) is 5.29. The molecular formula is C21H26ClN5O3. The Bertz CT molecular complexity index is 1040. The third-order valence-corrected chi connectivity index (χ3v) is 5.18. The largest absolute Gasteiger partial charge is 0.493 e. The molecule has 0 spiro atoms. The Hall–Kier alpha value is -3.00. The van der Waals surface area contributed by atoms with Crippen LogP contribution < -0.4 is 14.8 Å². The van der Waals surface area contributed by atoms with Crippen molar-refractivity contribution in [3.63, 3.8) is 0 Å². The Kier molecular flexibility index (Phi) is 6.66. The number of carbonyl (C=O) groups excluding carboxylic acids is 1. The maximum Gasteiger partial charge on any atom is 0.249 e. The highest BCUT2D eigenvalue weighted by molar-refractivity contribution is 6.30. The van der Waals surface area contributed by atoms with Gasteiger partial charge in [-0.2, -0.15) is 10.2 Å². The first-order valence-electron chi connectivity index (χ1n) is 9.63. The zero-order valence-electron chi connectivity index (χ0n) is 17.8. The van der Waals surface area contributed by atoms with Gasteiger partial charge < -0.3 is 14.8 Å². The van der Waals surface area contributed by atoms with Gasteiger partial charge in [0.2, 0.25) is 5.91 Å². The summed E-state index contributed by atoms with van der Waals surface area (Å²) in [5.74, 6) is 1.18. The molecule has 0 fully saturated rings. The predicted octanol–water partition coefficient (Wildman–Crippen LogP) is 4.01. The van der Waals surface area contributed by atoms with Crippen molar-refractivity contribution in [1.82, 2.24) is 19.6 Å². The number of aromatic nitrogens is 4. The van der Waals surface area contributed by atoms with E-state index in [-0.39, 0.29) is 5.91 Å². The van der Waals surface area contributed by atoms with Crippen molar-refractivity contribution in [2.45, 2.75) is 39.8 Å². The van der Waals surface area contributed by atoms with E-state index in [1.807, 2.05) is 43.7 Å². The molecule has 1 aromatic carbocycles. The molecule has 2 aromatic heterocycles. The summed E-state index contributed by atoms with van der Waals surface area (Å²) < 4.78 is 14.1. The summed E-state index contributed by atoms with van der Waals surface area (Å²) in [4.78, 5) is 12.9. The first-order valence-corrected chi connectivity index (χ1v) is 10.0. The second kappa shape index (κ2) is 9.21. The summed E-state index contributed by atoms with van der Waals surface area (Å²) in [6.45, 7) is 6.27. The molecule has 160 valence electrons. The van der Waals surface area contributed by atoms with E-state index < -0.39 is 6.04 Å². The molecule has 30 heavy (non-hydrogen) atoms. The van der Waals surface area contributed by atoms with Gasteiger partial charge in [-0.3, -0.25) is 14.2 Å². The first kappa shape index (κ1) is 21.7. The van der Waals surface area contributed by atoms with Crippen molar-refractivity contribution in [1.29, 1.82) is 0 Å². The molecule has 0 radical (unpaired) electrons. The van der Waals surface area contributed by atoms with Crippen LogP contribution in [0.15, 0.2) is 30.6 Å². The van der Waals surface area contributed by atoms with Crippen LogP contribution in [-0.2, 0) is 11.3 Å². The zero-order valence-corrected chi connectivity index (χ0v) is 18.5. The van der Waals surface area contributed by atoms with Crippen LogP contribution in [0.5, 0.6) is 11.5 Å². The number of nitrogens with zero attached hydrogens (tertiary/aromatic N) is 4. The molecule has 0 aliphatic carbocycles. The lowest BCUT2D eigenvalue weighted by Crippen LogP contribution is -2.26. The van der Waals surface area contributed by atoms with Crippen molar-refractivity contribution in [3.8, 4) is 11.5 Å². The standard InChI is InChI=1S/C21H26ClN5O3/c1-6-17(27-12-16(22)10-23-27)21(28)24-20-13(2)25-26(14(20)3)11-15-7-8-18(29-4)19(9-15)30-5/h7-10,12,17H,6,11H2,1-5H3,(H,24,28). The van der Waals surface area contributed by atoms with Crippen LogP contribution in [0, 0.1) is 13.8 Å². The van der Waals surface area contributed by atoms with E-state index in [2.05, 4.69) is 15.5 Å². The van der Waals surface area contributed by atoms with Crippen LogP contribution in [0.25, 0.3) is 0 Å². The first-order chi connectivity index (χ1) is 14.4. The van der Waals surface area contributed by atoms with Gasteiger partial charge in [0, 0.05) is 6.20 Å². The number of nitrogens with one attached hydrogen (secondary N) is 1. The van der Waals surface area contributed by atoms with Crippen LogP contribution in [-0.4, -0.2) is 39.7 Å². The Balaban J connectivity index is 1.81. The fraction of sp³-hybridized carbons (Fsp3) is 0.381. The maximum absolute atomic E-state index is 12.9. The fourth-order valence-corrected chi connectivity index (χ4v) is 3.51. The Morgan fingerprint density at radius 3 is 2.57 bits per heavy atom. The SMILES string of the molecule is CCC(C(=O)Nc1c(C)nn(Cc2ccc(OC)c(OC)c2)c1C)n1cc(Cl)cn1. The van der Waals surface area contributed by atoms with Crippen LogP contribution in [0.1, 0.15) is 36.3 Å². The highest BCUT2D eigenvalue weighted by Crippen LogP contribution is 2.29. The van der Waals surface area contributed by atoms with Crippen LogP contribution in [0.3, 0.4) is 0 Å². The summed E-state index contributed by atoms with van der Waals surface area (Å²) >= 11 is 5.95. The number of aryl methyl sites for hydroxylation is 1. The molecular weight excluding hydrogens is 406 g/mol. The fourth-order valence-electron chi connectivity index (χ4n) is 3.37. The molecule has 1 N–H and O–H groups in total. The summed E-state index contributed by atoms with van der Waals surface area (Å²) in [7, 11) is 3.21. The van der Waals surface area contributed by atoms with E-state index in [0.29, 0.717) is 35.2 Å². The number of halogens is 1. The average Bonchev–Trinajstić information content (AvgIpc) is 3.26. The molecule has 9 heteroatoms. The van der Waals surface area contributed by atoms with Crippen LogP contribution >= 0.6 is 11.6 Å². The molecule has 3 rings (SSSR count). The van der Waals surface area contributed by atoms with Crippen LogP contribution in [0.4, 0.5) is 5.69 Å². The van der Waals surface area contributed by atoms with E-state index in [1.54, 1.807) is 25.1 Å². The molecule has 1 amide bonds. The van der Waals surface area contributed by atoms with Gasteiger partial charge in [-0.1, -0.05) is 24.6 Å². The molecule has 1 atom stereocenters. The van der Waals surface area contributed by atoms with Gasteiger partial charge in [0.25, 0.3) is 0 Å². The quantitative estimate of drug-likeness (QED) is 0.582. The van der Waals surface area contributed by atoms with E-state index >= 15 is 0 Å². The highest BCUT2D eigenvalue weighted by atomic mass is 35.5. The van der Waals surface area contributed by atoms with Gasteiger partial charge in [0.1, 0.15) is 6.04 Å². The van der Waals surface area contributed by atoms with Gasteiger partial charge in [0.15, 0.2) is 11.5 Å². The smallest absolute Gasteiger partial charge is 0.249 e. The minimum absolute atomic E-state index is 0.158. The van der Waals surface area contributed by atoms with Crippen molar-refractivity contribution < 1.29 is 14.3 Å². The monoisotopic (exact) mass is 431 g/mol.